The molecule has 2 heterocycles. The van der Waals surface area contributed by atoms with E-state index in [0.29, 0.717) is 0 Å². The molecule has 0 unspecified atom stereocenters. The SMILES string of the molecule is C(=N\Nc1nc(-c2ccccc2)cs1)/c1ccc(N2CCCC2)cc1. The zero-order valence-corrected chi connectivity index (χ0v) is 14.7. The highest BCUT2D eigenvalue weighted by Gasteiger charge is 2.11. The van der Waals surface area contributed by atoms with E-state index >= 15 is 0 Å². The first-order valence-corrected chi connectivity index (χ1v) is 9.41. The monoisotopic (exact) mass is 348 g/mol. The van der Waals surface area contributed by atoms with Gasteiger partial charge in [0.25, 0.3) is 0 Å². The van der Waals surface area contributed by atoms with Crippen LogP contribution < -0.4 is 10.3 Å². The summed E-state index contributed by atoms with van der Waals surface area (Å²) in [6.07, 6.45) is 4.43. The molecule has 1 aliphatic heterocycles. The smallest absolute Gasteiger partial charge is 0.203 e. The molecule has 0 saturated carbocycles. The maximum absolute atomic E-state index is 4.57. The topological polar surface area (TPSA) is 40.5 Å². The molecule has 3 aromatic rings. The second-order valence-corrected chi connectivity index (χ2v) is 6.92. The maximum Gasteiger partial charge on any atom is 0.203 e. The number of hydrogen-bond donors (Lipinski definition) is 1. The minimum atomic E-state index is 0.795. The highest BCUT2D eigenvalue weighted by molar-refractivity contribution is 7.14. The molecule has 0 bridgehead atoms. The Morgan fingerprint density at radius 2 is 1.76 bits per heavy atom. The van der Waals surface area contributed by atoms with Crippen LogP contribution in [0.3, 0.4) is 0 Å². The lowest BCUT2D eigenvalue weighted by atomic mass is 10.2. The number of rotatable bonds is 5. The summed E-state index contributed by atoms with van der Waals surface area (Å²) in [5, 5.41) is 7.14. The van der Waals surface area contributed by atoms with Crippen LogP contribution in [0.4, 0.5) is 10.8 Å². The average molecular weight is 348 g/mol. The number of aromatic nitrogens is 1. The van der Waals surface area contributed by atoms with Gasteiger partial charge in [0.05, 0.1) is 11.9 Å². The summed E-state index contributed by atoms with van der Waals surface area (Å²) in [4.78, 5) is 7.00. The van der Waals surface area contributed by atoms with Crippen molar-refractivity contribution in [3.05, 3.63) is 65.5 Å². The summed E-state index contributed by atoms with van der Waals surface area (Å²) in [6, 6.07) is 18.7. The Kier molecular flexibility index (Phi) is 4.74. The first kappa shape index (κ1) is 15.8. The van der Waals surface area contributed by atoms with Gasteiger partial charge in [0, 0.05) is 29.7 Å². The molecule has 4 rings (SSSR count). The fourth-order valence-electron chi connectivity index (χ4n) is 2.98. The van der Waals surface area contributed by atoms with Gasteiger partial charge in [-0.2, -0.15) is 5.10 Å². The van der Waals surface area contributed by atoms with Crippen LogP contribution in [-0.4, -0.2) is 24.3 Å². The van der Waals surface area contributed by atoms with Gasteiger partial charge in [0.15, 0.2) is 0 Å². The van der Waals surface area contributed by atoms with Crippen LogP contribution in [0.15, 0.2) is 65.1 Å². The van der Waals surface area contributed by atoms with E-state index in [9.17, 15) is 0 Å². The van der Waals surface area contributed by atoms with Crippen molar-refractivity contribution in [1.82, 2.24) is 4.98 Å². The van der Waals surface area contributed by atoms with Crippen LogP contribution in [0.5, 0.6) is 0 Å². The van der Waals surface area contributed by atoms with E-state index in [2.05, 4.69) is 56.8 Å². The molecule has 4 nitrogen and oxygen atoms in total. The summed E-state index contributed by atoms with van der Waals surface area (Å²) in [7, 11) is 0. The molecule has 0 aliphatic carbocycles. The molecule has 1 N–H and O–H groups in total. The molecule has 1 aliphatic rings. The van der Waals surface area contributed by atoms with Crippen LogP contribution in [0, 0.1) is 0 Å². The molecule has 0 radical (unpaired) electrons. The van der Waals surface area contributed by atoms with E-state index in [1.54, 1.807) is 11.3 Å². The maximum atomic E-state index is 4.57. The van der Waals surface area contributed by atoms with Gasteiger partial charge in [-0.15, -0.1) is 11.3 Å². The van der Waals surface area contributed by atoms with Crippen molar-refractivity contribution in [2.75, 3.05) is 23.4 Å². The largest absolute Gasteiger partial charge is 0.372 e. The Balaban J connectivity index is 1.37. The van der Waals surface area contributed by atoms with Gasteiger partial charge >= 0.3 is 0 Å². The number of anilines is 2. The van der Waals surface area contributed by atoms with E-state index in [4.69, 9.17) is 0 Å². The third-order valence-electron chi connectivity index (χ3n) is 4.31. The molecule has 0 atom stereocenters. The van der Waals surface area contributed by atoms with Crippen LogP contribution >= 0.6 is 11.3 Å². The van der Waals surface area contributed by atoms with Crippen molar-refractivity contribution in [3.8, 4) is 11.3 Å². The highest BCUT2D eigenvalue weighted by atomic mass is 32.1. The standard InChI is InChI=1S/C20H20N4S/c1-2-6-17(7-3-1)19-15-25-20(22-19)23-21-14-16-8-10-18(11-9-16)24-12-4-5-13-24/h1-3,6-11,14-15H,4-5,12-13H2,(H,22,23)/b21-14+. The highest BCUT2D eigenvalue weighted by Crippen LogP contribution is 2.24. The van der Waals surface area contributed by atoms with Crippen molar-refractivity contribution in [3.63, 3.8) is 0 Å². The zero-order chi connectivity index (χ0) is 16.9. The van der Waals surface area contributed by atoms with E-state index in [1.807, 2.05) is 29.8 Å². The van der Waals surface area contributed by atoms with Gasteiger partial charge in [-0.25, -0.2) is 4.98 Å². The molecular weight excluding hydrogens is 328 g/mol. The van der Waals surface area contributed by atoms with Gasteiger partial charge < -0.3 is 4.90 Å². The number of thiazole rings is 1. The van der Waals surface area contributed by atoms with Crippen molar-refractivity contribution >= 4 is 28.4 Å². The molecule has 1 fully saturated rings. The molecule has 2 aromatic carbocycles. The fourth-order valence-corrected chi connectivity index (χ4v) is 3.64. The predicted octanol–water partition coefficient (Wildman–Crippen LogP) is 4.86. The Labute approximate surface area is 151 Å². The third-order valence-corrected chi connectivity index (χ3v) is 5.06. The lowest BCUT2D eigenvalue weighted by molar-refractivity contribution is 0.949. The summed E-state index contributed by atoms with van der Waals surface area (Å²) >= 11 is 1.56. The molecule has 25 heavy (non-hydrogen) atoms. The summed E-state index contributed by atoms with van der Waals surface area (Å²) in [5.41, 5.74) is 7.49. The van der Waals surface area contributed by atoms with E-state index in [1.165, 1.54) is 31.6 Å². The molecule has 0 amide bonds. The summed E-state index contributed by atoms with van der Waals surface area (Å²) < 4.78 is 0. The van der Waals surface area contributed by atoms with Crippen molar-refractivity contribution < 1.29 is 0 Å². The minimum absolute atomic E-state index is 0.795. The number of nitrogens with zero attached hydrogens (tertiary/aromatic N) is 3. The van der Waals surface area contributed by atoms with Crippen molar-refractivity contribution in [2.45, 2.75) is 12.8 Å². The van der Waals surface area contributed by atoms with Gasteiger partial charge in [-0.3, -0.25) is 5.43 Å². The molecule has 0 spiro atoms. The Morgan fingerprint density at radius 3 is 2.52 bits per heavy atom. The lowest BCUT2D eigenvalue weighted by Gasteiger charge is -2.17. The Hall–Kier alpha value is -2.66. The second-order valence-electron chi connectivity index (χ2n) is 6.06. The number of benzene rings is 2. The molecular formula is C20H20N4S. The number of hydrazone groups is 1. The predicted molar refractivity (Wildman–Crippen MR) is 107 cm³/mol. The lowest BCUT2D eigenvalue weighted by Crippen LogP contribution is -2.17. The first-order valence-electron chi connectivity index (χ1n) is 8.53. The number of nitrogens with one attached hydrogen (secondary N) is 1. The van der Waals surface area contributed by atoms with Gasteiger partial charge in [-0.05, 0) is 30.5 Å². The number of hydrogen-bond acceptors (Lipinski definition) is 5. The summed E-state index contributed by atoms with van der Waals surface area (Å²) in [5.74, 6) is 0. The van der Waals surface area contributed by atoms with Gasteiger partial charge in [0.1, 0.15) is 0 Å². The normalized spacial score (nSPS) is 14.3. The van der Waals surface area contributed by atoms with Crippen LogP contribution in [0.2, 0.25) is 0 Å². The second kappa shape index (κ2) is 7.49. The van der Waals surface area contributed by atoms with E-state index in [0.717, 1.165) is 22.0 Å². The zero-order valence-electron chi connectivity index (χ0n) is 13.9. The van der Waals surface area contributed by atoms with Crippen LogP contribution in [0.25, 0.3) is 11.3 Å². The van der Waals surface area contributed by atoms with Crippen LogP contribution in [-0.2, 0) is 0 Å². The molecule has 5 heteroatoms. The van der Waals surface area contributed by atoms with Gasteiger partial charge in [0.2, 0.25) is 5.13 Å². The minimum Gasteiger partial charge on any atom is -0.372 e. The third kappa shape index (κ3) is 3.88. The average Bonchev–Trinajstić information content (AvgIpc) is 3.35. The summed E-state index contributed by atoms with van der Waals surface area (Å²) in [6.45, 7) is 2.34. The van der Waals surface area contributed by atoms with Crippen molar-refractivity contribution in [1.29, 1.82) is 0 Å². The Morgan fingerprint density at radius 1 is 1.00 bits per heavy atom. The van der Waals surface area contributed by atoms with Crippen molar-refractivity contribution in [2.24, 2.45) is 5.10 Å². The fraction of sp³-hybridized carbons (Fsp3) is 0.200. The first-order chi connectivity index (χ1) is 12.4. The quantitative estimate of drug-likeness (QED) is 0.529. The molecule has 1 aromatic heterocycles. The van der Waals surface area contributed by atoms with Crippen LogP contribution in [0.1, 0.15) is 18.4 Å². The molecule has 126 valence electrons. The molecule has 1 saturated heterocycles. The van der Waals surface area contributed by atoms with E-state index < -0.39 is 0 Å². The van der Waals surface area contributed by atoms with E-state index in [-0.39, 0.29) is 0 Å². The Bertz CT molecular complexity index is 834. The van der Waals surface area contributed by atoms with Gasteiger partial charge in [-0.1, -0.05) is 42.5 Å².